The molecular formula is C35H65O10P. The number of ether oxygens (including phenoxy) is 2. The van der Waals surface area contributed by atoms with Crippen LogP contribution in [0.15, 0.2) is 24.3 Å². The van der Waals surface area contributed by atoms with Crippen LogP contribution < -0.4 is 0 Å². The molecule has 3 N–H and O–H groups in total. The number of aliphatic hydroxyl groups excluding tert-OH is 2. The van der Waals surface area contributed by atoms with E-state index < -0.39 is 58.4 Å². The van der Waals surface area contributed by atoms with E-state index in [1.165, 1.54) is 51.4 Å². The Kier molecular flexibility index (Phi) is 30.9. The molecule has 0 aromatic carbocycles. The molecule has 46 heavy (non-hydrogen) atoms. The number of carbonyl (C=O) groups excluding carboxylic acids is 2. The molecule has 0 fully saturated rings. The van der Waals surface area contributed by atoms with Gasteiger partial charge in [-0.15, -0.1) is 0 Å². The van der Waals surface area contributed by atoms with Crippen molar-refractivity contribution in [2.75, 3.05) is 26.4 Å². The molecule has 0 heterocycles. The molecule has 0 saturated carbocycles. The molecular weight excluding hydrogens is 611 g/mol. The molecule has 0 rings (SSSR count). The quantitative estimate of drug-likeness (QED) is 0.0268. The molecule has 10 nitrogen and oxygen atoms in total. The van der Waals surface area contributed by atoms with Crippen molar-refractivity contribution in [3.8, 4) is 0 Å². The summed E-state index contributed by atoms with van der Waals surface area (Å²) < 4.78 is 32.2. The lowest BCUT2D eigenvalue weighted by Gasteiger charge is -2.20. The summed E-state index contributed by atoms with van der Waals surface area (Å²) in [5.74, 6) is -1.04. The maximum absolute atomic E-state index is 12.2. The zero-order chi connectivity index (χ0) is 34.1. The summed E-state index contributed by atoms with van der Waals surface area (Å²) in [7, 11) is -4.62. The molecule has 11 heteroatoms. The van der Waals surface area contributed by atoms with Crippen molar-refractivity contribution in [2.45, 2.75) is 161 Å². The summed E-state index contributed by atoms with van der Waals surface area (Å²) in [6.07, 6.45) is 27.5. The van der Waals surface area contributed by atoms with Crippen molar-refractivity contribution in [1.29, 1.82) is 0 Å². The van der Waals surface area contributed by atoms with Gasteiger partial charge in [0.2, 0.25) is 0 Å². The third-order valence-corrected chi connectivity index (χ3v) is 8.37. The van der Waals surface area contributed by atoms with Gasteiger partial charge >= 0.3 is 19.8 Å². The summed E-state index contributed by atoms with van der Waals surface area (Å²) >= 11 is 0. The number of phosphoric ester groups is 1. The molecule has 0 aliphatic heterocycles. The number of carbonyl (C=O) groups is 2. The molecule has 0 saturated heterocycles. The minimum atomic E-state index is -4.62. The fourth-order valence-electron chi connectivity index (χ4n) is 4.61. The highest BCUT2D eigenvalue weighted by atomic mass is 31.2. The van der Waals surface area contributed by atoms with Crippen LogP contribution in [-0.4, -0.2) is 65.7 Å². The first-order valence-electron chi connectivity index (χ1n) is 17.8. The first kappa shape index (κ1) is 44.5. The van der Waals surface area contributed by atoms with Gasteiger partial charge in [-0.3, -0.25) is 18.6 Å². The molecule has 0 aliphatic carbocycles. The van der Waals surface area contributed by atoms with Crippen LogP contribution in [0.1, 0.15) is 149 Å². The van der Waals surface area contributed by atoms with E-state index in [4.69, 9.17) is 18.5 Å². The molecule has 0 aliphatic rings. The van der Waals surface area contributed by atoms with E-state index in [2.05, 4.69) is 38.2 Å². The number of esters is 2. The highest BCUT2D eigenvalue weighted by molar-refractivity contribution is 7.47. The van der Waals surface area contributed by atoms with E-state index in [0.29, 0.717) is 12.8 Å². The van der Waals surface area contributed by atoms with Crippen molar-refractivity contribution in [3.05, 3.63) is 24.3 Å². The van der Waals surface area contributed by atoms with Crippen LogP contribution in [-0.2, 0) is 32.7 Å². The molecule has 0 amide bonds. The second-order valence-electron chi connectivity index (χ2n) is 11.9. The van der Waals surface area contributed by atoms with Crippen molar-refractivity contribution in [3.63, 3.8) is 0 Å². The Morgan fingerprint density at radius 2 is 0.957 bits per heavy atom. The van der Waals surface area contributed by atoms with E-state index in [0.717, 1.165) is 57.8 Å². The van der Waals surface area contributed by atoms with E-state index >= 15 is 0 Å². The van der Waals surface area contributed by atoms with Gasteiger partial charge in [0.05, 0.1) is 26.4 Å². The van der Waals surface area contributed by atoms with E-state index in [-0.39, 0.29) is 12.8 Å². The predicted octanol–water partition coefficient (Wildman–Crippen LogP) is 8.27. The summed E-state index contributed by atoms with van der Waals surface area (Å²) in [6.45, 7) is 2.09. The SMILES string of the molecule is CCCCCC/C=C\C/C=C\CCCCCCCC(=O)OC(CO)COP(=O)(O)OCC(CO)OC(=O)CCCCCCCCC. The smallest absolute Gasteiger partial charge is 0.457 e. The fourth-order valence-corrected chi connectivity index (χ4v) is 5.40. The van der Waals surface area contributed by atoms with Gasteiger partial charge in [0.1, 0.15) is 12.2 Å². The van der Waals surface area contributed by atoms with Gasteiger partial charge in [-0.05, 0) is 44.9 Å². The lowest BCUT2D eigenvalue weighted by molar-refractivity contribution is -0.153. The highest BCUT2D eigenvalue weighted by Gasteiger charge is 2.27. The molecule has 3 unspecified atom stereocenters. The normalized spacial score (nSPS) is 14.5. The molecule has 0 radical (unpaired) electrons. The van der Waals surface area contributed by atoms with E-state index in [1.54, 1.807) is 0 Å². The number of unbranched alkanes of at least 4 members (excludes halogenated alkanes) is 15. The van der Waals surface area contributed by atoms with Gasteiger partial charge in [0, 0.05) is 12.8 Å². The molecule has 0 spiro atoms. The first-order chi connectivity index (χ1) is 22.3. The Labute approximate surface area is 278 Å². The molecule has 270 valence electrons. The fraction of sp³-hybridized carbons (Fsp3) is 0.829. The summed E-state index contributed by atoms with van der Waals surface area (Å²) in [5.41, 5.74) is 0. The number of phosphoric acid groups is 1. The first-order valence-corrected chi connectivity index (χ1v) is 19.3. The third-order valence-electron chi connectivity index (χ3n) is 7.42. The summed E-state index contributed by atoms with van der Waals surface area (Å²) in [5, 5.41) is 19.0. The number of aliphatic hydroxyl groups is 2. The number of rotatable bonds is 33. The summed E-state index contributed by atoms with van der Waals surface area (Å²) in [6, 6.07) is 0. The molecule has 0 aromatic rings. The topological polar surface area (TPSA) is 149 Å². The van der Waals surface area contributed by atoms with Gasteiger partial charge in [0.25, 0.3) is 0 Å². The van der Waals surface area contributed by atoms with Crippen molar-refractivity contribution in [1.82, 2.24) is 0 Å². The Bertz CT molecular complexity index is 832. The lowest BCUT2D eigenvalue weighted by Crippen LogP contribution is -2.28. The molecule has 0 aromatic heterocycles. The third kappa shape index (κ3) is 29.8. The van der Waals surface area contributed by atoms with Gasteiger partial charge < -0.3 is 24.6 Å². The van der Waals surface area contributed by atoms with Crippen LogP contribution in [0.3, 0.4) is 0 Å². The minimum absolute atomic E-state index is 0.177. The number of hydrogen-bond acceptors (Lipinski definition) is 9. The van der Waals surface area contributed by atoms with Crippen LogP contribution in [0.5, 0.6) is 0 Å². The number of allylic oxidation sites excluding steroid dienone is 4. The van der Waals surface area contributed by atoms with E-state index in [9.17, 15) is 29.3 Å². The number of hydrogen-bond donors (Lipinski definition) is 3. The molecule has 0 bridgehead atoms. The average molecular weight is 677 g/mol. The largest absolute Gasteiger partial charge is 0.472 e. The van der Waals surface area contributed by atoms with Crippen LogP contribution >= 0.6 is 7.82 Å². The Morgan fingerprint density at radius 1 is 0.587 bits per heavy atom. The van der Waals surface area contributed by atoms with Crippen molar-refractivity contribution >= 4 is 19.8 Å². The van der Waals surface area contributed by atoms with Crippen LogP contribution in [0.25, 0.3) is 0 Å². The maximum Gasteiger partial charge on any atom is 0.472 e. The van der Waals surface area contributed by atoms with Crippen LogP contribution in [0, 0.1) is 0 Å². The zero-order valence-corrected chi connectivity index (χ0v) is 29.7. The standard InChI is InChI=1S/C35H65O10P/c1-3-5-7-9-11-12-13-14-15-16-17-18-19-21-23-25-27-35(39)45-33(29-37)31-43-46(40,41)42-30-32(28-36)44-34(38)26-24-22-20-10-8-6-4-2/h12-13,15-16,32-33,36-37H,3-11,14,17-31H2,1-2H3,(H,40,41)/b13-12-,16-15-. The maximum atomic E-state index is 12.2. The second-order valence-corrected chi connectivity index (χ2v) is 13.3. The van der Waals surface area contributed by atoms with Crippen LogP contribution in [0.2, 0.25) is 0 Å². The van der Waals surface area contributed by atoms with Crippen molar-refractivity contribution in [2.24, 2.45) is 0 Å². The van der Waals surface area contributed by atoms with Gasteiger partial charge in [-0.1, -0.05) is 115 Å². The minimum Gasteiger partial charge on any atom is -0.457 e. The Morgan fingerprint density at radius 3 is 1.37 bits per heavy atom. The average Bonchev–Trinajstić information content (AvgIpc) is 3.04. The second kappa shape index (κ2) is 32.0. The highest BCUT2D eigenvalue weighted by Crippen LogP contribution is 2.43. The predicted molar refractivity (Wildman–Crippen MR) is 182 cm³/mol. The van der Waals surface area contributed by atoms with Gasteiger partial charge in [0.15, 0.2) is 0 Å². The van der Waals surface area contributed by atoms with Gasteiger partial charge in [-0.25, -0.2) is 4.57 Å². The monoisotopic (exact) mass is 676 g/mol. The summed E-state index contributed by atoms with van der Waals surface area (Å²) in [4.78, 5) is 34.1. The van der Waals surface area contributed by atoms with Crippen LogP contribution in [0.4, 0.5) is 0 Å². The van der Waals surface area contributed by atoms with Gasteiger partial charge in [-0.2, -0.15) is 0 Å². The Hall–Kier alpha value is -1.55. The van der Waals surface area contributed by atoms with Crippen molar-refractivity contribution < 1.29 is 47.8 Å². The van der Waals surface area contributed by atoms with E-state index in [1.807, 2.05) is 0 Å². The molecule has 3 atom stereocenters. The lowest BCUT2D eigenvalue weighted by atomic mass is 10.1. The Balaban J connectivity index is 4.01. The zero-order valence-electron chi connectivity index (χ0n) is 28.8.